The quantitative estimate of drug-likeness (QED) is 0.347. The Labute approximate surface area is 167 Å². The van der Waals surface area contributed by atoms with Crippen molar-refractivity contribution in [2.24, 2.45) is 5.92 Å². The van der Waals surface area contributed by atoms with Gasteiger partial charge in [0.2, 0.25) is 10.0 Å². The van der Waals surface area contributed by atoms with E-state index in [4.69, 9.17) is 0 Å². The first-order valence-electron chi connectivity index (χ1n) is 7.88. The average Bonchev–Trinajstić information content (AvgIpc) is 2.62. The molecule has 2 aromatic rings. The van der Waals surface area contributed by atoms with Gasteiger partial charge in [-0.05, 0) is 58.5 Å². The molecule has 0 bridgehead atoms. The van der Waals surface area contributed by atoms with E-state index in [0.717, 1.165) is 17.3 Å². The van der Waals surface area contributed by atoms with Crippen LogP contribution in [0.2, 0.25) is 0 Å². The summed E-state index contributed by atoms with van der Waals surface area (Å²) >= 11 is 6.23. The van der Waals surface area contributed by atoms with Crippen LogP contribution in [0.25, 0.3) is 10.8 Å². The second kappa shape index (κ2) is 9.89. The molecule has 2 atom stereocenters. The molecule has 0 aromatic heterocycles. The molecule has 0 aliphatic carbocycles. The number of rotatable bonds is 4. The number of aliphatic hydroxyl groups excluding tert-OH is 1. The zero-order chi connectivity index (χ0) is 18.3. The molecule has 2 aromatic carbocycles. The fraction of sp³-hybridized carbons (Fsp3) is 0.353. The van der Waals surface area contributed by atoms with Crippen LogP contribution < -0.4 is 10.0 Å². The largest absolute Gasteiger partial charge is 0.396 e. The Balaban J connectivity index is 0.000000701. The van der Waals surface area contributed by atoms with Crippen molar-refractivity contribution >= 4 is 59.0 Å². The Morgan fingerprint density at radius 1 is 1.28 bits per heavy atom. The number of fused-ring (bicyclic) bond motifs is 1. The maximum atomic E-state index is 12.6. The highest BCUT2D eigenvalue weighted by Gasteiger charge is 2.29. The molecule has 1 aliphatic heterocycles. The van der Waals surface area contributed by atoms with Crippen LogP contribution in [-0.4, -0.2) is 42.6 Å². The Morgan fingerprint density at radius 3 is 2.64 bits per heavy atom. The van der Waals surface area contributed by atoms with Crippen LogP contribution >= 0.6 is 34.8 Å². The van der Waals surface area contributed by atoms with Crippen LogP contribution in [0.4, 0.5) is 0 Å². The van der Waals surface area contributed by atoms with Gasteiger partial charge in [-0.1, -0.05) is 42.5 Å². The predicted octanol–water partition coefficient (Wildman–Crippen LogP) is 2.47. The summed E-state index contributed by atoms with van der Waals surface area (Å²) in [5.41, 5.74) is 0. The first-order valence-corrected chi connectivity index (χ1v) is 11.1. The molecule has 1 aliphatic rings. The number of hydrogen-bond acceptors (Lipinski definition) is 5. The molecule has 25 heavy (non-hydrogen) atoms. The van der Waals surface area contributed by atoms with Crippen LogP contribution in [0.3, 0.4) is 0 Å². The lowest BCUT2D eigenvalue weighted by Gasteiger charge is -2.31. The van der Waals surface area contributed by atoms with Gasteiger partial charge < -0.3 is 10.4 Å². The van der Waals surface area contributed by atoms with E-state index in [9.17, 15) is 13.5 Å². The maximum absolute atomic E-state index is 12.6. The lowest BCUT2D eigenvalue weighted by atomic mass is 9.95. The van der Waals surface area contributed by atoms with Crippen molar-refractivity contribution in [3.8, 4) is 0 Å². The summed E-state index contributed by atoms with van der Waals surface area (Å²) in [5.74, 6) is -0.0935. The Kier molecular flexibility index (Phi) is 8.17. The summed E-state index contributed by atoms with van der Waals surface area (Å²) in [7, 11) is -3.58. The zero-order valence-corrected chi connectivity index (χ0v) is 17.4. The fourth-order valence-electron chi connectivity index (χ4n) is 2.87. The van der Waals surface area contributed by atoms with E-state index in [2.05, 4.69) is 22.3 Å². The fourth-order valence-corrected chi connectivity index (χ4v) is 4.25. The topological polar surface area (TPSA) is 78.4 Å². The highest BCUT2D eigenvalue weighted by Crippen LogP contribution is 2.20. The summed E-state index contributed by atoms with van der Waals surface area (Å²) in [6.07, 6.45) is 0.679. The summed E-state index contributed by atoms with van der Waals surface area (Å²) < 4.78 is 29.5. The molecule has 3 N–H and O–H groups in total. The molecule has 3 rings (SSSR count). The monoisotopic (exact) mass is 492 g/mol. The third-order valence-electron chi connectivity index (χ3n) is 4.18. The molecule has 8 heteroatoms. The molecule has 1 saturated heterocycles. The number of thiocarbonyl (C=S) groups is 1. The smallest absolute Gasteiger partial charge is 0.240 e. The number of sulfonamides is 1. The van der Waals surface area contributed by atoms with Crippen LogP contribution in [0.15, 0.2) is 47.4 Å². The molecule has 0 saturated carbocycles. The summed E-state index contributed by atoms with van der Waals surface area (Å²) in [5, 5.41) is 14.5. The molecule has 136 valence electrons. The number of hydrogen-bond donors (Lipinski definition) is 3. The predicted molar refractivity (Wildman–Crippen MR) is 114 cm³/mol. The molecule has 0 radical (unpaired) electrons. The van der Waals surface area contributed by atoms with E-state index >= 15 is 0 Å². The van der Waals surface area contributed by atoms with Crippen LogP contribution in [-0.2, 0) is 10.0 Å². The Morgan fingerprint density at radius 2 is 1.96 bits per heavy atom. The molecule has 1 fully saturated rings. The van der Waals surface area contributed by atoms with Crippen molar-refractivity contribution in [2.75, 3.05) is 19.7 Å². The van der Waals surface area contributed by atoms with Gasteiger partial charge in [-0.2, -0.15) is 0 Å². The van der Waals surface area contributed by atoms with E-state index in [-0.39, 0.29) is 23.5 Å². The SMILES string of the molecule is O=S(=O)(N[C@@H]1CCNC[C@@H]1CO)c1ccc2ccccc2c1.S=CI. The molecule has 0 amide bonds. The molecule has 1 heterocycles. The standard InChI is InChI=1S/C16H20N2O3S.CHIS/c19-11-14-10-17-8-7-16(14)18-22(20,21)15-6-5-12-3-1-2-4-13(12)9-15;2-1-3/h1-6,9,14,16-19H,7-8,10-11H2;1H/t14-,16-;/m1./s1. The van der Waals surface area contributed by atoms with Crippen molar-refractivity contribution in [1.29, 1.82) is 0 Å². The molecule has 0 spiro atoms. The van der Waals surface area contributed by atoms with Crippen molar-refractivity contribution in [3.63, 3.8) is 0 Å². The van der Waals surface area contributed by atoms with E-state index in [1.807, 2.05) is 52.9 Å². The normalized spacial score (nSPS) is 20.6. The summed E-state index contributed by atoms with van der Waals surface area (Å²) in [6.45, 7) is 1.35. The van der Waals surface area contributed by atoms with Crippen LogP contribution in [0.5, 0.6) is 0 Å². The van der Waals surface area contributed by atoms with Crippen molar-refractivity contribution < 1.29 is 13.5 Å². The van der Waals surface area contributed by atoms with Gasteiger partial charge in [0.05, 0.1) is 4.90 Å². The molecular weight excluding hydrogens is 471 g/mol. The Hall–Kier alpha value is -0.650. The van der Waals surface area contributed by atoms with Crippen molar-refractivity contribution in [3.05, 3.63) is 42.5 Å². The number of aliphatic hydroxyl groups is 1. The van der Waals surface area contributed by atoms with E-state index in [1.54, 1.807) is 15.5 Å². The highest BCUT2D eigenvalue weighted by atomic mass is 127. The molecule has 5 nitrogen and oxygen atoms in total. The number of benzene rings is 2. The maximum Gasteiger partial charge on any atom is 0.240 e. The minimum Gasteiger partial charge on any atom is -0.396 e. The zero-order valence-electron chi connectivity index (χ0n) is 13.6. The number of piperidine rings is 1. The van der Waals surface area contributed by atoms with Gasteiger partial charge in [0.25, 0.3) is 0 Å². The highest BCUT2D eigenvalue weighted by molar-refractivity contribution is 14.1. The minimum atomic E-state index is -3.58. The van der Waals surface area contributed by atoms with Gasteiger partial charge in [-0.25, -0.2) is 13.1 Å². The van der Waals surface area contributed by atoms with Gasteiger partial charge >= 0.3 is 0 Å². The Bertz CT molecular complexity index is 814. The van der Waals surface area contributed by atoms with Crippen molar-refractivity contribution in [1.82, 2.24) is 10.0 Å². The lowest BCUT2D eigenvalue weighted by molar-refractivity contribution is 0.174. The third-order valence-corrected chi connectivity index (χ3v) is 5.67. The van der Waals surface area contributed by atoms with Gasteiger partial charge in [-0.15, -0.1) is 0 Å². The number of nitrogens with one attached hydrogen (secondary N) is 2. The minimum absolute atomic E-state index is 0.0299. The van der Waals surface area contributed by atoms with E-state index in [1.165, 1.54) is 0 Å². The van der Waals surface area contributed by atoms with E-state index in [0.29, 0.717) is 13.0 Å². The average molecular weight is 492 g/mol. The van der Waals surface area contributed by atoms with Gasteiger partial charge in [0.1, 0.15) is 0 Å². The first-order chi connectivity index (χ1) is 12.0. The third kappa shape index (κ3) is 5.66. The summed E-state index contributed by atoms with van der Waals surface area (Å²) in [6, 6.07) is 12.6. The first kappa shape index (κ1) is 20.7. The number of halogens is 1. The van der Waals surface area contributed by atoms with Gasteiger partial charge in [-0.3, -0.25) is 0 Å². The van der Waals surface area contributed by atoms with Crippen molar-refractivity contribution in [2.45, 2.75) is 17.4 Å². The van der Waals surface area contributed by atoms with Crippen LogP contribution in [0, 0.1) is 5.92 Å². The second-order valence-corrected chi connectivity index (χ2v) is 9.18. The van der Waals surface area contributed by atoms with E-state index < -0.39 is 10.0 Å². The summed E-state index contributed by atoms with van der Waals surface area (Å²) in [4.78, 5) is 0.265. The lowest BCUT2D eigenvalue weighted by Crippen LogP contribution is -2.50. The van der Waals surface area contributed by atoms with Gasteiger partial charge in [0, 0.05) is 28.5 Å². The molecular formula is C17H21IN2O3S2. The van der Waals surface area contributed by atoms with Crippen LogP contribution in [0.1, 0.15) is 6.42 Å². The second-order valence-electron chi connectivity index (χ2n) is 5.76. The van der Waals surface area contributed by atoms with Gasteiger partial charge in [0.15, 0.2) is 0 Å². The molecule has 0 unspecified atom stereocenters.